The fraction of sp³-hybridized carbons (Fsp3) is 0.391. The monoisotopic (exact) mass is 518 g/mol. The molecule has 1 aliphatic rings. The van der Waals surface area contributed by atoms with Crippen molar-refractivity contribution in [3.8, 4) is 0 Å². The van der Waals surface area contributed by atoms with Crippen LogP contribution in [-0.2, 0) is 9.47 Å². The van der Waals surface area contributed by atoms with Crippen LogP contribution < -0.4 is 22.1 Å². The second-order valence-corrected chi connectivity index (χ2v) is 8.18. The quantitative estimate of drug-likeness (QED) is 0.266. The van der Waals surface area contributed by atoms with Gasteiger partial charge in [0.1, 0.15) is 23.6 Å². The molecule has 6 N–H and O–H groups in total. The molecule has 3 rings (SSSR count). The molecule has 14 heteroatoms. The molecule has 0 aliphatic carbocycles. The van der Waals surface area contributed by atoms with E-state index in [9.17, 15) is 29.8 Å². The summed E-state index contributed by atoms with van der Waals surface area (Å²) >= 11 is 0. The van der Waals surface area contributed by atoms with Gasteiger partial charge in [-0.3, -0.25) is 29.8 Å². The van der Waals surface area contributed by atoms with Crippen LogP contribution >= 0.6 is 0 Å². The molecule has 0 saturated carbocycles. The number of nitrogens with one attached hydrogen (secondary N) is 2. The minimum atomic E-state index is -0.984. The van der Waals surface area contributed by atoms with Crippen molar-refractivity contribution in [2.45, 2.75) is 45.7 Å². The fourth-order valence-electron chi connectivity index (χ4n) is 3.65. The summed E-state index contributed by atoms with van der Waals surface area (Å²) in [6.07, 6.45) is -1.20. The second-order valence-electron chi connectivity index (χ2n) is 8.18. The van der Waals surface area contributed by atoms with Gasteiger partial charge in [-0.15, -0.1) is 0 Å². The van der Waals surface area contributed by atoms with Crippen LogP contribution in [0.25, 0.3) is 0 Å². The average Bonchev–Trinajstić information content (AvgIpc) is 3.15. The topological polar surface area (TPSA) is 215 Å². The van der Waals surface area contributed by atoms with Gasteiger partial charge in [0.2, 0.25) is 11.8 Å². The van der Waals surface area contributed by atoms with E-state index in [1.807, 2.05) is 13.8 Å². The Kier molecular flexibility index (Phi) is 9.46. The number of hydrogen-bond donors (Lipinski definition) is 4. The number of nitrogens with zero attached hydrogens (tertiary/aromatic N) is 2. The molecule has 200 valence electrons. The standard InChI is InChI=1S/C21H24N6O8.C2H6/c1-21(2)34-17(9-24-13-5-3-11(19(22)28)7-15(13)26(30)31)18(35-21)10-25-14-6-4-12(20(23)29)8-16(14)27(32)33;1-2/h3-8,17-18,24-25H,9-10H2,1-2H3,(H2,22,28)(H2,23,29);1-2H3/t17-,18?;/m1./s1. The number of rotatable bonds is 10. The van der Waals surface area contributed by atoms with Crippen molar-refractivity contribution in [2.75, 3.05) is 23.7 Å². The van der Waals surface area contributed by atoms with Gasteiger partial charge in [-0.2, -0.15) is 0 Å². The number of nitrogens with two attached hydrogens (primary N) is 2. The van der Waals surface area contributed by atoms with Gasteiger partial charge in [0.25, 0.3) is 11.4 Å². The number of nitro benzene ring substituents is 2. The predicted octanol–water partition coefficient (Wildman–Crippen LogP) is 2.77. The molecule has 1 heterocycles. The van der Waals surface area contributed by atoms with Gasteiger partial charge < -0.3 is 31.6 Å². The van der Waals surface area contributed by atoms with Crippen LogP contribution in [0.4, 0.5) is 22.7 Å². The number of amides is 2. The maximum absolute atomic E-state index is 11.4. The Morgan fingerprint density at radius 1 is 0.838 bits per heavy atom. The molecule has 2 aromatic rings. The summed E-state index contributed by atoms with van der Waals surface area (Å²) in [6.45, 7) is 7.56. The second kappa shape index (κ2) is 12.1. The number of hydrogen-bond acceptors (Lipinski definition) is 10. The lowest BCUT2D eigenvalue weighted by molar-refractivity contribution is -0.384. The van der Waals surface area contributed by atoms with Gasteiger partial charge in [0.05, 0.1) is 9.85 Å². The zero-order chi connectivity index (χ0) is 27.9. The Balaban J connectivity index is 0.00000235. The molecule has 1 unspecified atom stereocenters. The molecule has 1 fully saturated rings. The number of nitro groups is 2. The summed E-state index contributed by atoms with van der Waals surface area (Å²) in [5.74, 6) is -2.57. The SMILES string of the molecule is CC.CC1(C)OC(CNc2ccc(C(N)=O)cc2[N+](=O)[O-])[C@@H](CNc2ccc(C(N)=O)cc2[N+](=O)[O-])O1. The summed E-state index contributed by atoms with van der Waals surface area (Å²) < 4.78 is 11.8. The van der Waals surface area contributed by atoms with Crippen LogP contribution in [0, 0.1) is 20.2 Å². The third kappa shape index (κ3) is 7.35. The first-order valence-electron chi connectivity index (χ1n) is 11.4. The summed E-state index contributed by atoms with van der Waals surface area (Å²) in [5.41, 5.74) is 10.0. The molecule has 2 atom stereocenters. The van der Waals surface area contributed by atoms with E-state index in [1.165, 1.54) is 24.3 Å². The highest BCUT2D eigenvalue weighted by molar-refractivity contribution is 5.95. The van der Waals surface area contributed by atoms with Crippen LogP contribution in [0.3, 0.4) is 0 Å². The summed E-state index contributed by atoms with van der Waals surface area (Å²) in [5, 5.41) is 28.7. The van der Waals surface area contributed by atoms with E-state index in [1.54, 1.807) is 13.8 Å². The number of carbonyl (C=O) groups is 2. The zero-order valence-electron chi connectivity index (χ0n) is 20.8. The third-order valence-electron chi connectivity index (χ3n) is 5.23. The van der Waals surface area contributed by atoms with E-state index in [2.05, 4.69) is 10.6 Å². The van der Waals surface area contributed by atoms with Crippen LogP contribution in [0.2, 0.25) is 0 Å². The van der Waals surface area contributed by atoms with Crippen molar-refractivity contribution in [3.63, 3.8) is 0 Å². The molecule has 2 aromatic carbocycles. The Bertz CT molecular complexity index is 1100. The van der Waals surface area contributed by atoms with Crippen molar-refractivity contribution < 1.29 is 28.9 Å². The van der Waals surface area contributed by atoms with Crippen molar-refractivity contribution >= 4 is 34.6 Å². The molecule has 37 heavy (non-hydrogen) atoms. The smallest absolute Gasteiger partial charge is 0.293 e. The zero-order valence-corrected chi connectivity index (χ0v) is 20.8. The van der Waals surface area contributed by atoms with Crippen LogP contribution in [0.5, 0.6) is 0 Å². The summed E-state index contributed by atoms with van der Waals surface area (Å²) in [4.78, 5) is 44.3. The minimum Gasteiger partial charge on any atom is -0.377 e. The Morgan fingerprint density at radius 2 is 1.19 bits per heavy atom. The molecule has 1 aliphatic heterocycles. The van der Waals surface area contributed by atoms with Gasteiger partial charge in [-0.25, -0.2) is 0 Å². The average molecular weight is 519 g/mol. The molecule has 0 aromatic heterocycles. The van der Waals surface area contributed by atoms with Gasteiger partial charge in [0.15, 0.2) is 5.79 Å². The lowest BCUT2D eigenvalue weighted by atomic mass is 10.1. The van der Waals surface area contributed by atoms with Crippen LogP contribution in [0.15, 0.2) is 36.4 Å². The van der Waals surface area contributed by atoms with Crippen LogP contribution in [-0.4, -0.2) is 52.7 Å². The molecular formula is C23H30N6O8. The molecule has 0 bridgehead atoms. The first kappa shape index (κ1) is 28.9. The number of primary amides is 2. The molecule has 0 radical (unpaired) electrons. The molecule has 14 nitrogen and oxygen atoms in total. The molecular weight excluding hydrogens is 488 g/mol. The van der Waals surface area contributed by atoms with Gasteiger partial charge in [-0.1, -0.05) is 13.8 Å². The van der Waals surface area contributed by atoms with Gasteiger partial charge in [-0.05, 0) is 38.1 Å². The van der Waals surface area contributed by atoms with Gasteiger partial charge >= 0.3 is 0 Å². The highest BCUT2D eigenvalue weighted by atomic mass is 16.8. The lowest BCUT2D eigenvalue weighted by Gasteiger charge is -2.19. The van der Waals surface area contributed by atoms with Crippen molar-refractivity contribution in [2.24, 2.45) is 11.5 Å². The van der Waals surface area contributed by atoms with E-state index in [0.29, 0.717) is 0 Å². The maximum atomic E-state index is 11.4. The number of ether oxygens (including phenoxy) is 2. The number of anilines is 2. The largest absolute Gasteiger partial charge is 0.377 e. The minimum absolute atomic E-state index is 0.00476. The van der Waals surface area contributed by atoms with E-state index < -0.39 is 39.7 Å². The molecule has 0 spiro atoms. The summed E-state index contributed by atoms with van der Waals surface area (Å²) in [7, 11) is 0. The van der Waals surface area contributed by atoms with Crippen molar-refractivity contribution in [3.05, 3.63) is 67.8 Å². The Labute approximate surface area is 212 Å². The van der Waals surface area contributed by atoms with E-state index in [-0.39, 0.29) is 47.0 Å². The normalized spacial score (nSPS) is 17.7. The molecule has 2 amide bonds. The number of carbonyl (C=O) groups excluding carboxylic acids is 2. The first-order chi connectivity index (χ1) is 17.4. The summed E-state index contributed by atoms with van der Waals surface area (Å²) in [6, 6.07) is 7.62. The fourth-order valence-corrected chi connectivity index (χ4v) is 3.65. The van der Waals surface area contributed by atoms with Gasteiger partial charge in [0, 0.05) is 36.3 Å². The maximum Gasteiger partial charge on any atom is 0.293 e. The Morgan fingerprint density at radius 3 is 1.49 bits per heavy atom. The van der Waals surface area contributed by atoms with E-state index in [0.717, 1.165) is 12.1 Å². The van der Waals surface area contributed by atoms with E-state index >= 15 is 0 Å². The van der Waals surface area contributed by atoms with Crippen molar-refractivity contribution in [1.82, 2.24) is 0 Å². The lowest BCUT2D eigenvalue weighted by Crippen LogP contribution is -2.35. The first-order valence-corrected chi connectivity index (χ1v) is 11.4. The van der Waals surface area contributed by atoms with Crippen LogP contribution in [0.1, 0.15) is 48.4 Å². The number of benzene rings is 2. The van der Waals surface area contributed by atoms with E-state index in [4.69, 9.17) is 20.9 Å². The highest BCUT2D eigenvalue weighted by Gasteiger charge is 2.41. The Hall–Kier alpha value is -4.30. The predicted molar refractivity (Wildman–Crippen MR) is 135 cm³/mol. The third-order valence-corrected chi connectivity index (χ3v) is 5.23. The highest BCUT2D eigenvalue weighted by Crippen LogP contribution is 2.32. The molecule has 1 saturated heterocycles. The van der Waals surface area contributed by atoms with Crippen molar-refractivity contribution in [1.29, 1.82) is 0 Å².